The second-order valence-electron chi connectivity index (χ2n) is 8.99. The SMILES string of the molecule is CN=C(NCc1ccc(CN2CCCC2=O)cc1)NCC(C)(C)Cc1cccc(Cl)c1. The first kappa shape index (κ1) is 23.1. The molecule has 0 radical (unpaired) electrons. The van der Waals surface area contributed by atoms with Crippen molar-refractivity contribution < 1.29 is 4.79 Å². The summed E-state index contributed by atoms with van der Waals surface area (Å²) in [6.45, 7) is 7.53. The third-order valence-electron chi connectivity index (χ3n) is 5.56. The molecule has 1 aliphatic rings. The number of guanidine groups is 1. The van der Waals surface area contributed by atoms with Gasteiger partial charge in [-0.2, -0.15) is 0 Å². The molecule has 1 heterocycles. The molecule has 0 spiro atoms. The normalized spacial score (nSPS) is 14.8. The van der Waals surface area contributed by atoms with E-state index in [1.54, 1.807) is 7.05 Å². The molecule has 0 bridgehead atoms. The highest BCUT2D eigenvalue weighted by Gasteiger charge is 2.20. The van der Waals surface area contributed by atoms with Crippen LogP contribution in [0.5, 0.6) is 0 Å². The molecule has 1 aliphatic heterocycles. The lowest BCUT2D eigenvalue weighted by molar-refractivity contribution is -0.128. The molecule has 0 unspecified atom stereocenters. The van der Waals surface area contributed by atoms with Gasteiger partial charge in [-0.3, -0.25) is 9.79 Å². The van der Waals surface area contributed by atoms with Gasteiger partial charge in [-0.1, -0.05) is 61.8 Å². The van der Waals surface area contributed by atoms with E-state index in [1.165, 1.54) is 16.7 Å². The molecule has 1 amide bonds. The van der Waals surface area contributed by atoms with Crippen LogP contribution in [0.3, 0.4) is 0 Å². The smallest absolute Gasteiger partial charge is 0.222 e. The van der Waals surface area contributed by atoms with Gasteiger partial charge < -0.3 is 15.5 Å². The summed E-state index contributed by atoms with van der Waals surface area (Å²) in [4.78, 5) is 18.1. The van der Waals surface area contributed by atoms with Crippen molar-refractivity contribution in [3.8, 4) is 0 Å². The number of aliphatic imine (C=N–C) groups is 1. The minimum absolute atomic E-state index is 0.0525. The third-order valence-corrected chi connectivity index (χ3v) is 5.79. The first-order valence-electron chi connectivity index (χ1n) is 10.9. The Morgan fingerprint density at radius 2 is 1.84 bits per heavy atom. The van der Waals surface area contributed by atoms with Crippen LogP contribution >= 0.6 is 11.6 Å². The fraction of sp³-hybridized carbons (Fsp3) is 0.440. The number of hydrogen-bond donors (Lipinski definition) is 2. The minimum Gasteiger partial charge on any atom is -0.356 e. The fourth-order valence-corrected chi connectivity index (χ4v) is 4.06. The molecule has 2 aromatic rings. The molecule has 5 nitrogen and oxygen atoms in total. The Balaban J connectivity index is 1.46. The first-order chi connectivity index (χ1) is 14.8. The third kappa shape index (κ3) is 7.28. The van der Waals surface area contributed by atoms with Gasteiger partial charge in [0.25, 0.3) is 0 Å². The largest absolute Gasteiger partial charge is 0.356 e. The Hall–Kier alpha value is -2.53. The van der Waals surface area contributed by atoms with Crippen LogP contribution in [0.2, 0.25) is 5.02 Å². The van der Waals surface area contributed by atoms with Crippen molar-refractivity contribution in [1.82, 2.24) is 15.5 Å². The highest BCUT2D eigenvalue weighted by molar-refractivity contribution is 6.30. The van der Waals surface area contributed by atoms with Crippen molar-refractivity contribution in [3.63, 3.8) is 0 Å². The summed E-state index contributed by atoms with van der Waals surface area (Å²) in [6, 6.07) is 16.5. The summed E-state index contributed by atoms with van der Waals surface area (Å²) in [5.41, 5.74) is 3.64. The Labute approximate surface area is 190 Å². The monoisotopic (exact) mass is 440 g/mol. The van der Waals surface area contributed by atoms with Crippen LogP contribution in [0.25, 0.3) is 0 Å². The number of benzene rings is 2. The van der Waals surface area contributed by atoms with Gasteiger partial charge in [0.1, 0.15) is 0 Å². The lowest BCUT2D eigenvalue weighted by atomic mass is 9.86. The van der Waals surface area contributed by atoms with Crippen LogP contribution in [0.1, 0.15) is 43.4 Å². The van der Waals surface area contributed by atoms with Crippen molar-refractivity contribution in [2.45, 2.75) is 46.2 Å². The van der Waals surface area contributed by atoms with Crippen molar-refractivity contribution in [2.24, 2.45) is 10.4 Å². The summed E-state index contributed by atoms with van der Waals surface area (Å²) in [7, 11) is 1.79. The van der Waals surface area contributed by atoms with Crippen LogP contribution in [0.4, 0.5) is 0 Å². The Bertz CT molecular complexity index is 908. The zero-order valence-corrected chi connectivity index (χ0v) is 19.5. The maximum absolute atomic E-state index is 11.8. The van der Waals surface area contributed by atoms with Gasteiger partial charge in [-0.05, 0) is 47.1 Å². The molecule has 0 atom stereocenters. The number of nitrogens with zero attached hydrogens (tertiary/aromatic N) is 2. The van der Waals surface area contributed by atoms with Gasteiger partial charge in [0.15, 0.2) is 5.96 Å². The Morgan fingerprint density at radius 1 is 1.10 bits per heavy atom. The number of carbonyl (C=O) groups is 1. The van der Waals surface area contributed by atoms with Crippen LogP contribution in [-0.4, -0.2) is 36.9 Å². The number of likely N-dealkylation sites (tertiary alicyclic amines) is 1. The average molecular weight is 441 g/mol. The number of amides is 1. The molecule has 6 heteroatoms. The number of rotatable bonds is 8. The van der Waals surface area contributed by atoms with Crippen LogP contribution in [0.15, 0.2) is 53.5 Å². The molecule has 1 fully saturated rings. The fourth-order valence-electron chi connectivity index (χ4n) is 3.85. The lowest BCUT2D eigenvalue weighted by Gasteiger charge is -2.26. The molecule has 2 aromatic carbocycles. The summed E-state index contributed by atoms with van der Waals surface area (Å²) in [6.07, 6.45) is 2.59. The van der Waals surface area contributed by atoms with Crippen molar-refractivity contribution in [1.29, 1.82) is 0 Å². The maximum Gasteiger partial charge on any atom is 0.222 e. The Morgan fingerprint density at radius 3 is 2.48 bits per heavy atom. The summed E-state index contributed by atoms with van der Waals surface area (Å²) < 4.78 is 0. The predicted octanol–water partition coefficient (Wildman–Crippen LogP) is 4.40. The second kappa shape index (κ2) is 10.7. The van der Waals surface area contributed by atoms with E-state index in [1.807, 2.05) is 23.1 Å². The number of carbonyl (C=O) groups excluding carboxylic acids is 1. The van der Waals surface area contributed by atoms with Crippen molar-refractivity contribution >= 4 is 23.5 Å². The first-order valence-corrected chi connectivity index (χ1v) is 11.3. The van der Waals surface area contributed by atoms with Gasteiger partial charge in [-0.25, -0.2) is 0 Å². The molecule has 0 aromatic heterocycles. The highest BCUT2D eigenvalue weighted by atomic mass is 35.5. The van der Waals surface area contributed by atoms with E-state index in [0.717, 1.165) is 36.9 Å². The van der Waals surface area contributed by atoms with Crippen molar-refractivity contribution in [2.75, 3.05) is 20.1 Å². The number of hydrogen-bond acceptors (Lipinski definition) is 2. The molecule has 0 aliphatic carbocycles. The molecule has 166 valence electrons. The maximum atomic E-state index is 11.8. The molecular weight excluding hydrogens is 408 g/mol. The van der Waals surface area contributed by atoms with Gasteiger partial charge in [-0.15, -0.1) is 0 Å². The topological polar surface area (TPSA) is 56.7 Å². The zero-order valence-electron chi connectivity index (χ0n) is 18.7. The quantitative estimate of drug-likeness (QED) is 0.472. The van der Waals surface area contributed by atoms with Crippen LogP contribution in [0, 0.1) is 5.41 Å². The van der Waals surface area contributed by atoms with Crippen LogP contribution in [-0.2, 0) is 24.3 Å². The molecule has 0 saturated carbocycles. The van der Waals surface area contributed by atoms with Gasteiger partial charge in [0.2, 0.25) is 5.91 Å². The highest BCUT2D eigenvalue weighted by Crippen LogP contribution is 2.22. The summed E-state index contributed by atoms with van der Waals surface area (Å²) >= 11 is 6.12. The number of halogens is 1. The van der Waals surface area contributed by atoms with Gasteiger partial charge >= 0.3 is 0 Å². The van der Waals surface area contributed by atoms with Crippen molar-refractivity contribution in [3.05, 3.63) is 70.2 Å². The predicted molar refractivity (Wildman–Crippen MR) is 128 cm³/mol. The molecular formula is C25H33ClN4O. The van der Waals surface area contributed by atoms with Gasteiger partial charge in [0.05, 0.1) is 0 Å². The van der Waals surface area contributed by atoms with E-state index in [9.17, 15) is 4.79 Å². The van der Waals surface area contributed by atoms with E-state index in [2.05, 4.69) is 59.8 Å². The number of nitrogens with one attached hydrogen (secondary N) is 2. The molecule has 1 saturated heterocycles. The zero-order chi connectivity index (χ0) is 22.3. The van der Waals surface area contributed by atoms with Gasteiger partial charge in [0, 0.05) is 44.7 Å². The molecule has 31 heavy (non-hydrogen) atoms. The van der Waals surface area contributed by atoms with E-state index >= 15 is 0 Å². The van der Waals surface area contributed by atoms with E-state index < -0.39 is 0 Å². The molecule has 3 rings (SSSR count). The summed E-state index contributed by atoms with van der Waals surface area (Å²) in [5.74, 6) is 1.05. The Kier molecular flexibility index (Phi) is 7.97. The lowest BCUT2D eigenvalue weighted by Crippen LogP contribution is -2.42. The summed E-state index contributed by atoms with van der Waals surface area (Å²) in [5, 5.41) is 7.60. The average Bonchev–Trinajstić information content (AvgIpc) is 3.13. The second-order valence-corrected chi connectivity index (χ2v) is 9.42. The van der Waals surface area contributed by atoms with E-state index in [-0.39, 0.29) is 11.3 Å². The standard InChI is InChI=1S/C25H33ClN4O/c1-25(2,15-21-6-4-7-22(26)14-21)18-29-24(27-3)28-16-19-9-11-20(12-10-19)17-30-13-5-8-23(30)31/h4,6-7,9-12,14H,5,8,13,15-18H2,1-3H3,(H2,27,28,29). The van der Waals surface area contributed by atoms with Crippen LogP contribution < -0.4 is 10.6 Å². The molecule has 2 N–H and O–H groups in total. The van der Waals surface area contributed by atoms with E-state index in [4.69, 9.17) is 11.6 Å². The minimum atomic E-state index is 0.0525. The van der Waals surface area contributed by atoms with E-state index in [0.29, 0.717) is 19.5 Å².